The maximum atomic E-state index is 12.9. The molecular formula is C12H16FN. The van der Waals surface area contributed by atoms with Gasteiger partial charge in [-0.2, -0.15) is 0 Å². The maximum absolute atomic E-state index is 12.9. The van der Waals surface area contributed by atoms with Crippen molar-refractivity contribution in [3.8, 4) is 0 Å². The lowest BCUT2D eigenvalue weighted by Crippen LogP contribution is -2.39. The van der Waals surface area contributed by atoms with Crippen LogP contribution in [0, 0.1) is 5.82 Å². The highest BCUT2D eigenvalue weighted by Gasteiger charge is 2.29. The lowest BCUT2D eigenvalue weighted by molar-refractivity contribution is 0.295. The molecule has 1 aliphatic carbocycles. The molecule has 1 aromatic rings. The molecule has 1 saturated carbocycles. The molecular weight excluding hydrogens is 177 g/mol. The average molecular weight is 193 g/mol. The minimum Gasteiger partial charge on any atom is -0.314 e. The molecule has 0 heterocycles. The highest BCUT2D eigenvalue weighted by atomic mass is 19.1. The molecule has 1 fully saturated rings. The second-order valence-corrected chi connectivity index (χ2v) is 3.98. The Bertz CT molecular complexity index is 305. The van der Waals surface area contributed by atoms with Crippen LogP contribution in [-0.2, 0) is 0 Å². The number of hydrogen-bond donors (Lipinski definition) is 1. The van der Waals surface area contributed by atoms with Crippen LogP contribution in [0.2, 0.25) is 0 Å². The molecule has 0 aliphatic heterocycles. The molecule has 0 amide bonds. The quantitative estimate of drug-likeness (QED) is 0.778. The summed E-state index contributed by atoms with van der Waals surface area (Å²) in [4.78, 5) is 0. The highest BCUT2D eigenvalue weighted by Crippen LogP contribution is 2.36. The van der Waals surface area contributed by atoms with Crippen LogP contribution in [0.1, 0.15) is 31.2 Å². The second-order valence-electron chi connectivity index (χ2n) is 3.98. The number of halogens is 1. The van der Waals surface area contributed by atoms with Crippen LogP contribution in [-0.4, -0.2) is 12.6 Å². The van der Waals surface area contributed by atoms with Gasteiger partial charge in [-0.3, -0.25) is 0 Å². The van der Waals surface area contributed by atoms with E-state index in [0.29, 0.717) is 12.0 Å². The van der Waals surface area contributed by atoms with Gasteiger partial charge in [0.2, 0.25) is 0 Å². The predicted molar refractivity (Wildman–Crippen MR) is 55.8 cm³/mol. The minimum atomic E-state index is -0.116. The third-order valence-corrected chi connectivity index (χ3v) is 2.95. The van der Waals surface area contributed by atoms with Crippen LogP contribution in [0.25, 0.3) is 0 Å². The summed E-state index contributed by atoms with van der Waals surface area (Å²) in [5.74, 6) is 0.448. The third kappa shape index (κ3) is 1.95. The molecule has 0 unspecified atom stereocenters. The van der Waals surface area contributed by atoms with Crippen molar-refractivity contribution in [2.45, 2.75) is 31.7 Å². The molecule has 0 saturated heterocycles. The van der Waals surface area contributed by atoms with Gasteiger partial charge in [0.15, 0.2) is 0 Å². The molecule has 0 spiro atoms. The van der Waals surface area contributed by atoms with Gasteiger partial charge in [0.1, 0.15) is 5.82 Å². The van der Waals surface area contributed by atoms with Crippen LogP contribution >= 0.6 is 0 Å². The van der Waals surface area contributed by atoms with E-state index >= 15 is 0 Å². The van der Waals surface area contributed by atoms with E-state index in [1.54, 1.807) is 12.1 Å². The molecule has 76 valence electrons. The molecule has 0 radical (unpaired) electrons. The van der Waals surface area contributed by atoms with Gasteiger partial charge in [-0.15, -0.1) is 0 Å². The van der Waals surface area contributed by atoms with Crippen LogP contribution in [0.3, 0.4) is 0 Å². The van der Waals surface area contributed by atoms with E-state index in [1.165, 1.54) is 6.07 Å². The monoisotopic (exact) mass is 193 g/mol. The Balaban J connectivity index is 1.93. The van der Waals surface area contributed by atoms with E-state index in [9.17, 15) is 4.39 Å². The molecule has 0 atom stereocenters. The Morgan fingerprint density at radius 2 is 2.21 bits per heavy atom. The summed E-state index contributed by atoms with van der Waals surface area (Å²) < 4.78 is 12.9. The maximum Gasteiger partial charge on any atom is 0.123 e. The first kappa shape index (κ1) is 9.66. The number of nitrogens with one attached hydrogen (secondary N) is 1. The zero-order valence-electron chi connectivity index (χ0n) is 8.46. The fourth-order valence-electron chi connectivity index (χ4n) is 2.11. The largest absolute Gasteiger partial charge is 0.314 e. The van der Waals surface area contributed by atoms with Crippen molar-refractivity contribution in [2.75, 3.05) is 6.54 Å². The van der Waals surface area contributed by atoms with Gasteiger partial charge in [-0.1, -0.05) is 19.1 Å². The number of hydrogen-bond acceptors (Lipinski definition) is 1. The van der Waals surface area contributed by atoms with E-state index < -0.39 is 0 Å². The standard InChI is InChI=1S/C12H16FN/c1-2-14-12-7-10(8-12)9-4-3-5-11(13)6-9/h3-6,10,12,14H,2,7-8H2,1H3. The summed E-state index contributed by atoms with van der Waals surface area (Å²) in [6, 6.07) is 7.63. The van der Waals surface area contributed by atoms with Gasteiger partial charge < -0.3 is 5.32 Å². The molecule has 1 aliphatic rings. The fourth-order valence-corrected chi connectivity index (χ4v) is 2.11. The lowest BCUT2D eigenvalue weighted by Gasteiger charge is -2.36. The normalized spacial score (nSPS) is 25.9. The number of rotatable bonds is 3. The average Bonchev–Trinajstić information content (AvgIpc) is 2.10. The zero-order valence-corrected chi connectivity index (χ0v) is 8.46. The van der Waals surface area contributed by atoms with E-state index in [-0.39, 0.29) is 5.82 Å². The van der Waals surface area contributed by atoms with Gasteiger partial charge in [0, 0.05) is 6.04 Å². The predicted octanol–water partition coefficient (Wildman–Crippen LogP) is 2.68. The van der Waals surface area contributed by atoms with E-state index in [2.05, 4.69) is 12.2 Å². The fraction of sp³-hybridized carbons (Fsp3) is 0.500. The highest BCUT2D eigenvalue weighted by molar-refractivity contribution is 5.23. The van der Waals surface area contributed by atoms with E-state index in [1.807, 2.05) is 6.07 Å². The molecule has 2 heteroatoms. The van der Waals surface area contributed by atoms with Crippen molar-refractivity contribution in [1.29, 1.82) is 0 Å². The van der Waals surface area contributed by atoms with Crippen molar-refractivity contribution in [2.24, 2.45) is 0 Å². The summed E-state index contributed by atoms with van der Waals surface area (Å²) in [5.41, 5.74) is 1.15. The Hall–Kier alpha value is -0.890. The first-order valence-corrected chi connectivity index (χ1v) is 5.28. The van der Waals surface area contributed by atoms with Crippen LogP contribution in [0.5, 0.6) is 0 Å². The first-order chi connectivity index (χ1) is 6.79. The van der Waals surface area contributed by atoms with E-state index in [0.717, 1.165) is 24.9 Å². The molecule has 14 heavy (non-hydrogen) atoms. The van der Waals surface area contributed by atoms with Crippen molar-refractivity contribution in [1.82, 2.24) is 5.32 Å². The molecule has 1 N–H and O–H groups in total. The zero-order chi connectivity index (χ0) is 9.97. The van der Waals surface area contributed by atoms with Crippen LogP contribution in [0.4, 0.5) is 4.39 Å². The summed E-state index contributed by atoms with van der Waals surface area (Å²) in [6.45, 7) is 3.15. The Kier molecular flexibility index (Phi) is 2.82. The van der Waals surface area contributed by atoms with Crippen molar-refractivity contribution >= 4 is 0 Å². The summed E-state index contributed by atoms with van der Waals surface area (Å²) >= 11 is 0. The van der Waals surface area contributed by atoms with Crippen molar-refractivity contribution in [3.05, 3.63) is 35.6 Å². The smallest absolute Gasteiger partial charge is 0.123 e. The lowest BCUT2D eigenvalue weighted by atomic mass is 9.76. The Labute approximate surface area is 84.3 Å². The molecule has 1 aromatic carbocycles. The van der Waals surface area contributed by atoms with Crippen LogP contribution < -0.4 is 5.32 Å². The van der Waals surface area contributed by atoms with Gasteiger partial charge in [0.25, 0.3) is 0 Å². The van der Waals surface area contributed by atoms with Crippen molar-refractivity contribution < 1.29 is 4.39 Å². The number of benzene rings is 1. The van der Waals surface area contributed by atoms with Crippen LogP contribution in [0.15, 0.2) is 24.3 Å². The second kappa shape index (κ2) is 4.09. The topological polar surface area (TPSA) is 12.0 Å². The van der Waals surface area contributed by atoms with Crippen molar-refractivity contribution in [3.63, 3.8) is 0 Å². The first-order valence-electron chi connectivity index (χ1n) is 5.28. The summed E-state index contributed by atoms with van der Waals surface area (Å²) in [5, 5.41) is 3.40. The van der Waals surface area contributed by atoms with Gasteiger partial charge in [-0.05, 0) is 43.0 Å². The van der Waals surface area contributed by atoms with Gasteiger partial charge >= 0.3 is 0 Å². The SMILES string of the molecule is CCNC1CC(c2cccc(F)c2)C1. The minimum absolute atomic E-state index is 0.116. The van der Waals surface area contributed by atoms with Gasteiger partial charge in [0.05, 0.1) is 0 Å². The summed E-state index contributed by atoms with van der Waals surface area (Å²) in [7, 11) is 0. The summed E-state index contributed by atoms with van der Waals surface area (Å²) in [6.07, 6.45) is 2.30. The molecule has 0 bridgehead atoms. The molecule has 1 nitrogen and oxygen atoms in total. The van der Waals surface area contributed by atoms with E-state index in [4.69, 9.17) is 0 Å². The Morgan fingerprint density at radius 1 is 1.43 bits per heavy atom. The Morgan fingerprint density at radius 3 is 2.86 bits per heavy atom. The molecule has 0 aromatic heterocycles. The molecule has 2 rings (SSSR count). The third-order valence-electron chi connectivity index (χ3n) is 2.95. The van der Waals surface area contributed by atoms with Gasteiger partial charge in [-0.25, -0.2) is 4.39 Å².